The van der Waals surface area contributed by atoms with Crippen molar-refractivity contribution in [2.24, 2.45) is 0 Å². The van der Waals surface area contributed by atoms with Gasteiger partial charge in [0.1, 0.15) is 16.8 Å². The van der Waals surface area contributed by atoms with E-state index >= 15 is 0 Å². The third-order valence-corrected chi connectivity index (χ3v) is 2.35. The number of hydrogen-bond donors (Lipinski definition) is 0. The number of carbonyl (C=O) groups excluding carboxylic acids is 3. The predicted octanol–water partition coefficient (Wildman–Crippen LogP) is 2.76. The molecule has 8 nitrogen and oxygen atoms in total. The second-order valence-electron chi connectivity index (χ2n) is 6.96. The lowest BCUT2D eigenvalue weighted by molar-refractivity contribution is -0.00112. The van der Waals surface area contributed by atoms with Crippen LogP contribution in [0.15, 0.2) is 4.52 Å². The van der Waals surface area contributed by atoms with Crippen LogP contribution < -0.4 is 0 Å². The molecule has 0 aliphatic heterocycles. The highest BCUT2D eigenvalue weighted by molar-refractivity contribution is 6.08. The summed E-state index contributed by atoms with van der Waals surface area (Å²) in [7, 11) is 0. The molecule has 134 valence electrons. The van der Waals surface area contributed by atoms with E-state index in [1.54, 1.807) is 48.5 Å². The Morgan fingerprint density at radius 2 is 1.42 bits per heavy atom. The summed E-state index contributed by atoms with van der Waals surface area (Å²) >= 11 is 0. The molecule has 1 aromatic heterocycles. The Kier molecular flexibility index (Phi) is 5.75. The van der Waals surface area contributed by atoms with Gasteiger partial charge in [0, 0.05) is 0 Å². The Bertz CT molecular complexity index is 632. The van der Waals surface area contributed by atoms with Crippen LogP contribution in [-0.4, -0.2) is 40.9 Å². The maximum atomic E-state index is 12.4. The van der Waals surface area contributed by atoms with E-state index in [1.165, 1.54) is 0 Å². The second-order valence-corrected chi connectivity index (χ2v) is 6.96. The van der Waals surface area contributed by atoms with Crippen molar-refractivity contribution in [1.82, 2.24) is 5.16 Å². The fraction of sp³-hybridized carbons (Fsp3) is 0.625. The average Bonchev–Trinajstić information content (AvgIpc) is 2.79. The van der Waals surface area contributed by atoms with Crippen LogP contribution >= 0.6 is 0 Å². The van der Waals surface area contributed by atoms with Crippen LogP contribution in [-0.2, 0) is 14.2 Å². The first-order valence-electron chi connectivity index (χ1n) is 7.49. The van der Waals surface area contributed by atoms with E-state index in [9.17, 15) is 14.4 Å². The SMILES string of the molecule is CCOC(=O)c1noc(C(=O)OC(C)(C)C)c1C(=O)OC(C)(C)C. The molecule has 0 unspecified atom stereocenters. The number of hydrogen-bond acceptors (Lipinski definition) is 8. The molecule has 24 heavy (non-hydrogen) atoms. The van der Waals surface area contributed by atoms with Crippen LogP contribution in [0.2, 0.25) is 0 Å². The van der Waals surface area contributed by atoms with Crippen LogP contribution in [0.3, 0.4) is 0 Å². The fourth-order valence-electron chi connectivity index (χ4n) is 1.61. The fourth-order valence-corrected chi connectivity index (χ4v) is 1.61. The lowest BCUT2D eigenvalue weighted by Crippen LogP contribution is -2.28. The second kappa shape index (κ2) is 7.02. The standard InChI is InChI=1S/C16H23NO7/c1-8-21-13(19)10-9(12(18)22-15(2,3)4)11(24-17-10)14(20)23-16(5,6)7/h8H2,1-7H3. The summed E-state index contributed by atoms with van der Waals surface area (Å²) in [6.07, 6.45) is 0. The normalized spacial score (nSPS) is 11.8. The molecule has 0 N–H and O–H groups in total. The monoisotopic (exact) mass is 341 g/mol. The van der Waals surface area contributed by atoms with E-state index in [2.05, 4.69) is 5.16 Å². The molecule has 0 radical (unpaired) electrons. The zero-order valence-corrected chi connectivity index (χ0v) is 15.0. The van der Waals surface area contributed by atoms with Crippen molar-refractivity contribution in [3.8, 4) is 0 Å². The third-order valence-electron chi connectivity index (χ3n) is 2.35. The molecule has 0 amide bonds. The first-order chi connectivity index (χ1) is 10.9. The highest BCUT2D eigenvalue weighted by atomic mass is 16.6. The highest BCUT2D eigenvalue weighted by Crippen LogP contribution is 2.22. The van der Waals surface area contributed by atoms with E-state index < -0.39 is 46.1 Å². The number of carbonyl (C=O) groups is 3. The Morgan fingerprint density at radius 3 is 1.88 bits per heavy atom. The van der Waals surface area contributed by atoms with Gasteiger partial charge in [-0.2, -0.15) is 0 Å². The maximum Gasteiger partial charge on any atom is 0.378 e. The lowest BCUT2D eigenvalue weighted by Gasteiger charge is -2.20. The quantitative estimate of drug-likeness (QED) is 0.608. The van der Waals surface area contributed by atoms with Gasteiger partial charge in [0.05, 0.1) is 6.61 Å². The molecule has 1 heterocycles. The van der Waals surface area contributed by atoms with Crippen molar-refractivity contribution in [2.75, 3.05) is 6.61 Å². The largest absolute Gasteiger partial charge is 0.461 e. The lowest BCUT2D eigenvalue weighted by atomic mass is 10.1. The molecule has 0 aliphatic carbocycles. The summed E-state index contributed by atoms with van der Waals surface area (Å²) < 4.78 is 20.1. The van der Waals surface area contributed by atoms with Gasteiger partial charge in [-0.15, -0.1) is 0 Å². The molecular weight excluding hydrogens is 318 g/mol. The van der Waals surface area contributed by atoms with Crippen molar-refractivity contribution >= 4 is 17.9 Å². The molecule has 0 bridgehead atoms. The van der Waals surface area contributed by atoms with Gasteiger partial charge in [0.25, 0.3) is 5.76 Å². The van der Waals surface area contributed by atoms with E-state index in [1.807, 2.05) is 0 Å². The van der Waals surface area contributed by atoms with Crippen molar-refractivity contribution < 1.29 is 33.1 Å². The molecular formula is C16H23NO7. The summed E-state index contributed by atoms with van der Waals surface area (Å²) in [5.41, 5.74) is -2.49. The van der Waals surface area contributed by atoms with Gasteiger partial charge in [-0.05, 0) is 48.5 Å². The number of esters is 3. The summed E-state index contributed by atoms with van der Waals surface area (Å²) in [5, 5.41) is 3.49. The summed E-state index contributed by atoms with van der Waals surface area (Å²) in [5.74, 6) is -3.24. The van der Waals surface area contributed by atoms with E-state index in [4.69, 9.17) is 18.7 Å². The van der Waals surface area contributed by atoms with Crippen LogP contribution in [0, 0.1) is 0 Å². The average molecular weight is 341 g/mol. The van der Waals surface area contributed by atoms with Gasteiger partial charge >= 0.3 is 17.9 Å². The molecule has 1 aromatic rings. The summed E-state index contributed by atoms with van der Waals surface area (Å²) in [4.78, 5) is 36.6. The molecule has 0 spiro atoms. The Balaban J connectivity index is 3.32. The van der Waals surface area contributed by atoms with Crippen molar-refractivity contribution in [3.63, 3.8) is 0 Å². The third kappa shape index (κ3) is 5.36. The van der Waals surface area contributed by atoms with Crippen LogP contribution in [0.1, 0.15) is 79.9 Å². The minimum Gasteiger partial charge on any atom is -0.461 e. The van der Waals surface area contributed by atoms with Gasteiger partial charge in [0.2, 0.25) is 5.69 Å². The topological polar surface area (TPSA) is 105 Å². The number of rotatable bonds is 4. The maximum absolute atomic E-state index is 12.4. The molecule has 0 saturated heterocycles. The van der Waals surface area contributed by atoms with Gasteiger partial charge < -0.3 is 18.7 Å². The smallest absolute Gasteiger partial charge is 0.378 e. The minimum atomic E-state index is -0.925. The van der Waals surface area contributed by atoms with E-state index in [-0.39, 0.29) is 6.61 Å². The van der Waals surface area contributed by atoms with Crippen molar-refractivity contribution in [2.45, 2.75) is 59.7 Å². The minimum absolute atomic E-state index is 0.0707. The molecule has 0 atom stereocenters. The highest BCUT2D eigenvalue weighted by Gasteiger charge is 2.36. The molecule has 1 rings (SSSR count). The van der Waals surface area contributed by atoms with Crippen molar-refractivity contribution in [3.05, 3.63) is 17.0 Å². The first-order valence-corrected chi connectivity index (χ1v) is 7.49. The van der Waals surface area contributed by atoms with E-state index in [0.29, 0.717) is 0 Å². The Morgan fingerprint density at radius 1 is 0.917 bits per heavy atom. The summed E-state index contributed by atoms with van der Waals surface area (Å²) in [6, 6.07) is 0. The molecule has 0 saturated carbocycles. The van der Waals surface area contributed by atoms with E-state index in [0.717, 1.165) is 0 Å². The number of nitrogens with zero attached hydrogens (tertiary/aromatic N) is 1. The van der Waals surface area contributed by atoms with Crippen LogP contribution in [0.5, 0.6) is 0 Å². The Hall–Kier alpha value is -2.38. The zero-order chi connectivity index (χ0) is 18.7. The predicted molar refractivity (Wildman–Crippen MR) is 82.8 cm³/mol. The van der Waals surface area contributed by atoms with Crippen molar-refractivity contribution in [1.29, 1.82) is 0 Å². The van der Waals surface area contributed by atoms with Crippen LogP contribution in [0.4, 0.5) is 0 Å². The van der Waals surface area contributed by atoms with Crippen LogP contribution in [0.25, 0.3) is 0 Å². The molecule has 0 aromatic carbocycles. The number of aromatic nitrogens is 1. The first kappa shape index (κ1) is 19.7. The Labute approximate surface area is 140 Å². The zero-order valence-electron chi connectivity index (χ0n) is 15.0. The summed E-state index contributed by atoms with van der Waals surface area (Å²) in [6.45, 7) is 11.6. The molecule has 8 heteroatoms. The molecule has 0 fully saturated rings. The number of ether oxygens (including phenoxy) is 3. The van der Waals surface area contributed by atoms with Gasteiger partial charge in [0.15, 0.2) is 0 Å². The van der Waals surface area contributed by atoms with Gasteiger partial charge in [-0.25, -0.2) is 14.4 Å². The van der Waals surface area contributed by atoms with Gasteiger partial charge in [-0.3, -0.25) is 0 Å². The van der Waals surface area contributed by atoms with Gasteiger partial charge in [-0.1, -0.05) is 5.16 Å². The molecule has 0 aliphatic rings.